The first-order valence-electron chi connectivity index (χ1n) is 13.4. The van der Waals surface area contributed by atoms with Crippen molar-refractivity contribution in [3.8, 4) is 22.3 Å². The van der Waals surface area contributed by atoms with Gasteiger partial charge in [-0.2, -0.15) is 0 Å². The maximum atomic E-state index is 5.90. The van der Waals surface area contributed by atoms with Crippen LogP contribution in [0.3, 0.4) is 0 Å². The van der Waals surface area contributed by atoms with Gasteiger partial charge < -0.3 is 10.6 Å². The lowest BCUT2D eigenvalue weighted by atomic mass is 9.90. The van der Waals surface area contributed by atoms with Crippen molar-refractivity contribution in [3.63, 3.8) is 0 Å². The second-order valence-electron chi connectivity index (χ2n) is 10.0. The molecule has 0 spiro atoms. The summed E-state index contributed by atoms with van der Waals surface area (Å²) in [6.45, 7) is 0. The van der Waals surface area contributed by atoms with Crippen LogP contribution in [0.4, 0.5) is 22.7 Å². The van der Waals surface area contributed by atoms with Crippen LogP contribution >= 0.6 is 0 Å². The average Bonchev–Trinajstić information content (AvgIpc) is 3.31. The molecule has 2 N–H and O–H groups in total. The number of anilines is 4. The van der Waals surface area contributed by atoms with Crippen LogP contribution in [0.5, 0.6) is 0 Å². The minimum atomic E-state index is 0.232. The molecular weight excluding hydrogens is 472 g/mol. The van der Waals surface area contributed by atoms with Crippen LogP contribution in [0.2, 0.25) is 0 Å². The van der Waals surface area contributed by atoms with Crippen molar-refractivity contribution < 1.29 is 0 Å². The largest absolute Gasteiger partial charge is 0.399 e. The standard InChI is InChI=1S/C37H28N2/c38-30-18-14-26(15-19-30)27-16-20-32(21-17-27)39(31-10-2-1-3-11-31)33-22-23-35-29-9-5-4-8-28(24-29)34-12-6-7-13-36(34)37(35)25-33/h1-25,29H,38H2. The van der Waals surface area contributed by atoms with Gasteiger partial charge in [-0.15, -0.1) is 0 Å². The summed E-state index contributed by atoms with van der Waals surface area (Å²) in [6, 6.07) is 43.1. The Morgan fingerprint density at radius 2 is 1.18 bits per heavy atom. The number of nitrogens with zero attached hydrogens (tertiary/aromatic N) is 1. The van der Waals surface area contributed by atoms with E-state index in [1.807, 2.05) is 12.1 Å². The molecule has 0 amide bonds. The first-order valence-corrected chi connectivity index (χ1v) is 13.4. The number of hydrogen-bond donors (Lipinski definition) is 1. The summed E-state index contributed by atoms with van der Waals surface area (Å²) in [5.41, 5.74) is 18.8. The molecule has 186 valence electrons. The number of nitrogens with two attached hydrogens (primary N) is 1. The van der Waals surface area contributed by atoms with Crippen molar-refractivity contribution in [2.45, 2.75) is 5.92 Å². The lowest BCUT2D eigenvalue weighted by Crippen LogP contribution is -2.10. The van der Waals surface area contributed by atoms with Crippen LogP contribution in [0, 0.1) is 0 Å². The molecule has 1 atom stereocenters. The fourth-order valence-corrected chi connectivity index (χ4v) is 5.70. The van der Waals surface area contributed by atoms with Crippen molar-refractivity contribution in [1.29, 1.82) is 0 Å². The van der Waals surface area contributed by atoms with Crippen molar-refractivity contribution >= 4 is 28.3 Å². The smallest absolute Gasteiger partial charge is 0.0468 e. The van der Waals surface area contributed by atoms with Crippen LogP contribution in [-0.2, 0) is 0 Å². The van der Waals surface area contributed by atoms with Crippen LogP contribution in [-0.4, -0.2) is 0 Å². The molecule has 2 heteroatoms. The molecule has 1 unspecified atom stereocenters. The van der Waals surface area contributed by atoms with Crippen LogP contribution in [0.25, 0.3) is 27.8 Å². The highest BCUT2D eigenvalue weighted by atomic mass is 15.1. The van der Waals surface area contributed by atoms with E-state index in [9.17, 15) is 0 Å². The van der Waals surface area contributed by atoms with Gasteiger partial charge in [-0.1, -0.05) is 103 Å². The highest BCUT2D eigenvalue weighted by Gasteiger charge is 2.23. The van der Waals surface area contributed by atoms with Gasteiger partial charge in [0, 0.05) is 28.7 Å². The molecule has 0 aromatic heterocycles. The van der Waals surface area contributed by atoms with E-state index in [1.165, 1.54) is 33.4 Å². The zero-order chi connectivity index (χ0) is 26.2. The molecule has 2 aliphatic rings. The minimum absolute atomic E-state index is 0.232. The highest BCUT2D eigenvalue weighted by molar-refractivity contribution is 5.92. The summed E-state index contributed by atoms with van der Waals surface area (Å²) in [7, 11) is 0. The molecule has 39 heavy (non-hydrogen) atoms. The molecule has 5 aromatic rings. The molecule has 2 bridgehead atoms. The lowest BCUT2D eigenvalue weighted by molar-refractivity contribution is 1.09. The molecule has 0 saturated carbocycles. The SMILES string of the molecule is Nc1ccc(-c2ccc(N(c3ccccc3)c3ccc4c(c3)-c3ccccc3C3=CC4C=CC=C3)cc2)cc1. The van der Waals surface area contributed by atoms with Gasteiger partial charge in [0.05, 0.1) is 0 Å². The Hall–Kier alpha value is -5.08. The van der Waals surface area contributed by atoms with Crippen molar-refractivity contribution in [3.05, 3.63) is 163 Å². The van der Waals surface area contributed by atoms with Gasteiger partial charge in [0.2, 0.25) is 0 Å². The third-order valence-electron chi connectivity index (χ3n) is 7.63. The summed E-state index contributed by atoms with van der Waals surface area (Å²) in [4.78, 5) is 2.34. The molecular formula is C37H28N2. The summed E-state index contributed by atoms with van der Waals surface area (Å²) in [5, 5.41) is 0. The second-order valence-corrected chi connectivity index (χ2v) is 10.0. The third kappa shape index (κ3) is 4.26. The van der Waals surface area contributed by atoms with Crippen LogP contribution in [0.1, 0.15) is 17.0 Å². The molecule has 0 heterocycles. The topological polar surface area (TPSA) is 29.3 Å². The average molecular weight is 501 g/mol. The first-order chi connectivity index (χ1) is 19.2. The Labute approximate surface area is 229 Å². The second kappa shape index (κ2) is 9.66. The van der Waals surface area contributed by atoms with E-state index in [1.54, 1.807) is 0 Å². The Balaban J connectivity index is 1.37. The Kier molecular flexibility index (Phi) is 5.71. The van der Waals surface area contributed by atoms with Gasteiger partial charge in [0.15, 0.2) is 0 Å². The number of benzene rings is 5. The van der Waals surface area contributed by atoms with E-state index < -0.39 is 0 Å². The summed E-state index contributed by atoms with van der Waals surface area (Å²) in [5.74, 6) is 0.232. The van der Waals surface area contributed by atoms with Gasteiger partial charge in [-0.25, -0.2) is 0 Å². The monoisotopic (exact) mass is 500 g/mol. The van der Waals surface area contributed by atoms with Gasteiger partial charge in [-0.05, 0) is 87.5 Å². The molecule has 0 saturated heterocycles. The fraction of sp³-hybridized carbons (Fsp3) is 0.0270. The van der Waals surface area contributed by atoms with Crippen molar-refractivity contribution in [2.24, 2.45) is 0 Å². The Bertz CT molecular complexity index is 1740. The first kappa shape index (κ1) is 23.1. The van der Waals surface area contributed by atoms with E-state index in [4.69, 9.17) is 5.73 Å². The number of fused-ring (bicyclic) bond motifs is 6. The van der Waals surface area contributed by atoms with Crippen molar-refractivity contribution in [1.82, 2.24) is 0 Å². The van der Waals surface area contributed by atoms with E-state index in [0.29, 0.717) is 0 Å². The number of nitrogen functional groups attached to an aromatic ring is 1. The van der Waals surface area contributed by atoms with E-state index in [-0.39, 0.29) is 5.92 Å². The molecule has 0 radical (unpaired) electrons. The Morgan fingerprint density at radius 3 is 1.95 bits per heavy atom. The number of rotatable bonds is 4. The quantitative estimate of drug-likeness (QED) is 0.249. The van der Waals surface area contributed by atoms with Gasteiger partial charge in [-0.3, -0.25) is 0 Å². The molecule has 7 rings (SSSR count). The highest BCUT2D eigenvalue weighted by Crippen LogP contribution is 2.45. The summed E-state index contributed by atoms with van der Waals surface area (Å²) >= 11 is 0. The third-order valence-corrected chi connectivity index (χ3v) is 7.63. The predicted molar refractivity (Wildman–Crippen MR) is 165 cm³/mol. The zero-order valence-electron chi connectivity index (χ0n) is 21.5. The maximum Gasteiger partial charge on any atom is 0.0468 e. The minimum Gasteiger partial charge on any atom is -0.399 e. The number of allylic oxidation sites excluding steroid dienone is 6. The molecule has 5 aromatic carbocycles. The molecule has 2 nitrogen and oxygen atoms in total. The van der Waals surface area contributed by atoms with E-state index >= 15 is 0 Å². The Morgan fingerprint density at radius 1 is 0.538 bits per heavy atom. The lowest BCUT2D eigenvalue weighted by Gasteiger charge is -2.27. The number of hydrogen-bond acceptors (Lipinski definition) is 2. The van der Waals surface area contributed by atoms with Crippen LogP contribution < -0.4 is 10.6 Å². The number of para-hydroxylation sites is 1. The van der Waals surface area contributed by atoms with Gasteiger partial charge in [0.25, 0.3) is 0 Å². The normalized spacial score (nSPS) is 15.0. The molecule has 0 aliphatic heterocycles. The maximum absolute atomic E-state index is 5.90. The molecule has 2 aliphatic carbocycles. The fourth-order valence-electron chi connectivity index (χ4n) is 5.70. The predicted octanol–water partition coefficient (Wildman–Crippen LogP) is 9.68. The van der Waals surface area contributed by atoms with E-state index in [2.05, 4.69) is 144 Å². The van der Waals surface area contributed by atoms with Crippen LogP contribution in [0.15, 0.2) is 152 Å². The van der Waals surface area contributed by atoms with Crippen molar-refractivity contribution in [2.75, 3.05) is 10.6 Å². The van der Waals surface area contributed by atoms with Gasteiger partial charge >= 0.3 is 0 Å². The van der Waals surface area contributed by atoms with E-state index in [0.717, 1.165) is 28.3 Å². The summed E-state index contributed by atoms with van der Waals surface area (Å²) in [6.07, 6.45) is 11.2. The molecule has 0 fully saturated rings. The zero-order valence-corrected chi connectivity index (χ0v) is 21.5. The summed E-state index contributed by atoms with van der Waals surface area (Å²) < 4.78 is 0. The van der Waals surface area contributed by atoms with Gasteiger partial charge in [0.1, 0.15) is 0 Å².